The molecular formula is C9H8ClNO2S2. The summed E-state index contributed by atoms with van der Waals surface area (Å²) in [4.78, 5) is 4.02. The summed E-state index contributed by atoms with van der Waals surface area (Å²) in [6.07, 6.45) is 0. The molecular weight excluding hydrogens is 254 g/mol. The normalized spacial score (nSPS) is 12.2. The van der Waals surface area contributed by atoms with Crippen LogP contribution in [0.15, 0.2) is 16.5 Å². The summed E-state index contributed by atoms with van der Waals surface area (Å²) in [6, 6.07) is 3.87. The molecule has 0 fully saturated rings. The third kappa shape index (κ3) is 2.00. The maximum atomic E-state index is 11.1. The molecule has 0 unspecified atom stereocenters. The molecule has 1 aromatic heterocycles. The molecule has 0 saturated carbocycles. The highest BCUT2D eigenvalue weighted by atomic mass is 35.7. The Morgan fingerprint density at radius 2 is 2.00 bits per heavy atom. The van der Waals surface area contributed by atoms with Crippen molar-refractivity contribution in [2.24, 2.45) is 0 Å². The number of fused-ring (bicyclic) bond motifs is 1. The fraction of sp³-hybridized carbons (Fsp3) is 0.222. The van der Waals surface area contributed by atoms with E-state index in [1.165, 1.54) is 0 Å². The van der Waals surface area contributed by atoms with Gasteiger partial charge < -0.3 is 0 Å². The second-order valence-electron chi connectivity index (χ2n) is 3.35. The summed E-state index contributed by atoms with van der Waals surface area (Å²) in [5.74, 6) is 0. The van der Waals surface area contributed by atoms with Crippen LogP contribution in [-0.2, 0) is 9.05 Å². The zero-order chi connectivity index (χ0) is 11.2. The smallest absolute Gasteiger partial charge is 0.224 e. The summed E-state index contributed by atoms with van der Waals surface area (Å²) in [7, 11) is 1.53. The van der Waals surface area contributed by atoms with Gasteiger partial charge in [0.1, 0.15) is 0 Å². The van der Waals surface area contributed by atoms with Gasteiger partial charge in [0.2, 0.25) is 4.34 Å². The van der Waals surface area contributed by atoms with Crippen LogP contribution in [0.4, 0.5) is 0 Å². The number of halogens is 1. The van der Waals surface area contributed by atoms with E-state index in [4.69, 9.17) is 10.7 Å². The van der Waals surface area contributed by atoms with Gasteiger partial charge >= 0.3 is 0 Å². The number of rotatable bonds is 1. The molecule has 15 heavy (non-hydrogen) atoms. The molecule has 0 N–H and O–H groups in total. The number of aryl methyl sites for hydroxylation is 2. The van der Waals surface area contributed by atoms with Gasteiger partial charge in [-0.15, -0.1) is 11.3 Å². The Bertz CT molecular complexity index is 631. The van der Waals surface area contributed by atoms with E-state index < -0.39 is 9.05 Å². The van der Waals surface area contributed by atoms with Crippen molar-refractivity contribution in [1.82, 2.24) is 4.98 Å². The molecule has 0 atom stereocenters. The van der Waals surface area contributed by atoms with Crippen molar-refractivity contribution in [1.29, 1.82) is 0 Å². The molecule has 0 spiro atoms. The average Bonchev–Trinajstić information content (AvgIpc) is 2.46. The lowest BCUT2D eigenvalue weighted by Gasteiger charge is -1.95. The zero-order valence-corrected chi connectivity index (χ0v) is 10.5. The van der Waals surface area contributed by atoms with Gasteiger partial charge in [0.15, 0.2) is 0 Å². The van der Waals surface area contributed by atoms with Crippen LogP contribution in [0.1, 0.15) is 11.1 Å². The first-order valence-electron chi connectivity index (χ1n) is 4.20. The lowest BCUT2D eigenvalue weighted by atomic mass is 10.1. The highest BCUT2D eigenvalue weighted by Gasteiger charge is 2.17. The number of aromatic nitrogens is 1. The molecule has 2 rings (SSSR count). The molecule has 3 nitrogen and oxygen atoms in total. The second kappa shape index (κ2) is 3.43. The number of hydrogen-bond donors (Lipinski definition) is 0. The minimum absolute atomic E-state index is 0.0344. The van der Waals surface area contributed by atoms with Gasteiger partial charge in [-0.1, -0.05) is 6.07 Å². The van der Waals surface area contributed by atoms with Crippen molar-refractivity contribution in [3.63, 3.8) is 0 Å². The highest BCUT2D eigenvalue weighted by molar-refractivity contribution is 8.15. The van der Waals surface area contributed by atoms with E-state index >= 15 is 0 Å². The van der Waals surface area contributed by atoms with E-state index in [1.54, 1.807) is 0 Å². The fourth-order valence-corrected chi connectivity index (χ4v) is 3.58. The van der Waals surface area contributed by atoms with Crippen LogP contribution in [0.2, 0.25) is 0 Å². The monoisotopic (exact) mass is 261 g/mol. The van der Waals surface area contributed by atoms with Crippen molar-refractivity contribution in [2.45, 2.75) is 18.2 Å². The van der Waals surface area contributed by atoms with Gasteiger partial charge in [-0.2, -0.15) is 0 Å². The first kappa shape index (κ1) is 10.9. The van der Waals surface area contributed by atoms with Crippen LogP contribution in [0.3, 0.4) is 0 Å². The minimum atomic E-state index is -3.71. The Hall–Kier alpha value is -0.650. The summed E-state index contributed by atoms with van der Waals surface area (Å²) in [6.45, 7) is 3.86. The third-order valence-corrected chi connectivity index (χ3v) is 4.95. The minimum Gasteiger partial charge on any atom is -0.224 e. The third-order valence-electron chi connectivity index (χ3n) is 2.02. The molecule has 0 aliphatic rings. The van der Waals surface area contributed by atoms with E-state index in [2.05, 4.69) is 4.98 Å². The lowest BCUT2D eigenvalue weighted by molar-refractivity contribution is 0.609. The predicted octanol–water partition coefficient (Wildman–Crippen LogP) is 2.84. The molecule has 0 aliphatic heterocycles. The first-order valence-corrected chi connectivity index (χ1v) is 7.33. The summed E-state index contributed by atoms with van der Waals surface area (Å²) in [5.41, 5.74) is 2.76. The Kier molecular flexibility index (Phi) is 2.48. The lowest BCUT2D eigenvalue weighted by Crippen LogP contribution is -1.88. The van der Waals surface area contributed by atoms with Crippen LogP contribution in [0.5, 0.6) is 0 Å². The maximum Gasteiger partial charge on any atom is 0.288 e. The summed E-state index contributed by atoms with van der Waals surface area (Å²) >= 11 is 1.10. The number of nitrogens with zero attached hydrogens (tertiary/aromatic N) is 1. The molecule has 0 bridgehead atoms. The van der Waals surface area contributed by atoms with Crippen molar-refractivity contribution in [2.75, 3.05) is 0 Å². The first-order chi connectivity index (χ1) is 6.88. The largest absolute Gasteiger partial charge is 0.288 e. The molecule has 2 aromatic rings. The number of benzene rings is 1. The molecule has 0 aliphatic carbocycles. The van der Waals surface area contributed by atoms with Gasteiger partial charge in [0.05, 0.1) is 10.2 Å². The van der Waals surface area contributed by atoms with Gasteiger partial charge in [-0.05, 0) is 31.0 Å². The van der Waals surface area contributed by atoms with E-state index in [0.717, 1.165) is 27.2 Å². The second-order valence-corrected chi connectivity index (χ2v) is 7.12. The van der Waals surface area contributed by atoms with Crippen LogP contribution in [0.25, 0.3) is 10.2 Å². The Morgan fingerprint density at radius 1 is 1.33 bits per heavy atom. The Labute approximate surface area is 96.1 Å². The highest BCUT2D eigenvalue weighted by Crippen LogP contribution is 2.30. The molecule has 1 aromatic carbocycles. The van der Waals surface area contributed by atoms with Gasteiger partial charge in [-0.3, -0.25) is 0 Å². The standard InChI is InChI=1S/C9H8ClNO2S2/c1-5-3-6(2)8-7(4-5)14-9(11-8)15(10,12)13/h3-4H,1-2H3. The van der Waals surface area contributed by atoms with Crippen molar-refractivity contribution in [3.05, 3.63) is 23.3 Å². The van der Waals surface area contributed by atoms with Gasteiger partial charge in [0.25, 0.3) is 9.05 Å². The van der Waals surface area contributed by atoms with E-state index in [1.807, 2.05) is 26.0 Å². The SMILES string of the molecule is Cc1cc(C)c2nc(S(=O)(=O)Cl)sc2c1. The maximum absolute atomic E-state index is 11.1. The van der Waals surface area contributed by atoms with Crippen molar-refractivity contribution >= 4 is 41.3 Å². The van der Waals surface area contributed by atoms with Gasteiger partial charge in [-0.25, -0.2) is 13.4 Å². The van der Waals surface area contributed by atoms with Crippen LogP contribution in [-0.4, -0.2) is 13.4 Å². The van der Waals surface area contributed by atoms with E-state index in [0.29, 0.717) is 5.52 Å². The van der Waals surface area contributed by atoms with E-state index in [9.17, 15) is 8.42 Å². The quantitative estimate of drug-likeness (QED) is 0.742. The van der Waals surface area contributed by atoms with Crippen molar-refractivity contribution in [3.8, 4) is 0 Å². The zero-order valence-electron chi connectivity index (χ0n) is 8.11. The van der Waals surface area contributed by atoms with E-state index in [-0.39, 0.29) is 4.34 Å². The predicted molar refractivity (Wildman–Crippen MR) is 62.1 cm³/mol. The molecule has 0 saturated heterocycles. The Balaban J connectivity index is 2.82. The average molecular weight is 262 g/mol. The number of hydrogen-bond acceptors (Lipinski definition) is 4. The summed E-state index contributed by atoms with van der Waals surface area (Å²) in [5, 5.41) is 0. The topological polar surface area (TPSA) is 47.0 Å². The van der Waals surface area contributed by atoms with Crippen molar-refractivity contribution < 1.29 is 8.42 Å². The molecule has 6 heteroatoms. The number of thiazole rings is 1. The Morgan fingerprint density at radius 3 is 2.60 bits per heavy atom. The fourth-order valence-electron chi connectivity index (χ4n) is 1.45. The van der Waals surface area contributed by atoms with Crippen LogP contribution in [0, 0.1) is 13.8 Å². The molecule has 80 valence electrons. The van der Waals surface area contributed by atoms with Crippen LogP contribution < -0.4 is 0 Å². The van der Waals surface area contributed by atoms with Crippen LogP contribution >= 0.6 is 22.0 Å². The molecule has 1 heterocycles. The summed E-state index contributed by atoms with van der Waals surface area (Å²) < 4.78 is 23.0. The molecule has 0 radical (unpaired) electrons. The van der Waals surface area contributed by atoms with Gasteiger partial charge in [0, 0.05) is 10.7 Å². The molecule has 0 amide bonds.